The lowest BCUT2D eigenvalue weighted by atomic mass is 9.96. The van der Waals surface area contributed by atoms with Crippen LogP contribution in [0, 0.1) is 5.92 Å². The third-order valence-electron chi connectivity index (χ3n) is 3.53. The van der Waals surface area contributed by atoms with Crippen LogP contribution in [0.25, 0.3) is 0 Å². The maximum atomic E-state index is 11.6. The molecule has 1 saturated carbocycles. The van der Waals surface area contributed by atoms with Gasteiger partial charge in [0.2, 0.25) is 0 Å². The second-order valence-corrected chi connectivity index (χ2v) is 5.58. The highest BCUT2D eigenvalue weighted by Crippen LogP contribution is 2.41. The van der Waals surface area contributed by atoms with Crippen molar-refractivity contribution in [2.24, 2.45) is 5.92 Å². The molecule has 1 aliphatic carbocycles. The molecule has 2 rings (SSSR count). The van der Waals surface area contributed by atoms with E-state index in [-0.39, 0.29) is 17.4 Å². The van der Waals surface area contributed by atoms with Gasteiger partial charge in [-0.1, -0.05) is 13.8 Å². The van der Waals surface area contributed by atoms with Gasteiger partial charge in [0, 0.05) is 12.0 Å². The molecule has 6 nitrogen and oxygen atoms in total. The summed E-state index contributed by atoms with van der Waals surface area (Å²) in [6.45, 7) is 5.48. The number of anilines is 1. The highest BCUT2D eigenvalue weighted by molar-refractivity contribution is 5.82. The van der Waals surface area contributed by atoms with E-state index in [0.717, 1.165) is 12.8 Å². The zero-order valence-electron chi connectivity index (χ0n) is 11.4. The number of nitrogens with zero attached hydrogens (tertiary/aromatic N) is 1. The molecule has 1 unspecified atom stereocenters. The van der Waals surface area contributed by atoms with E-state index in [2.05, 4.69) is 15.3 Å². The van der Waals surface area contributed by atoms with Crippen molar-refractivity contribution in [3.63, 3.8) is 0 Å². The molecule has 1 fully saturated rings. The molecule has 1 aromatic rings. The molecule has 0 spiro atoms. The summed E-state index contributed by atoms with van der Waals surface area (Å²) in [5.74, 6) is 0.131. The lowest BCUT2D eigenvalue weighted by Gasteiger charge is -2.26. The van der Waals surface area contributed by atoms with E-state index in [9.17, 15) is 14.7 Å². The molecule has 0 aliphatic heterocycles. The first kappa shape index (κ1) is 13.6. The van der Waals surface area contributed by atoms with Gasteiger partial charge in [0.05, 0.1) is 0 Å². The normalized spacial score (nSPS) is 18.1. The SMILES string of the molecule is CC(C)c1nc(NC(C)(C(=O)O)C2CC2)cc(=O)[nH]1. The highest BCUT2D eigenvalue weighted by Gasteiger charge is 2.47. The fourth-order valence-corrected chi connectivity index (χ4v) is 2.07. The molecule has 6 heteroatoms. The number of carboxylic acid groups (broad SMARTS) is 1. The Morgan fingerprint density at radius 1 is 1.58 bits per heavy atom. The molecule has 1 heterocycles. The fraction of sp³-hybridized carbons (Fsp3) is 0.615. The van der Waals surface area contributed by atoms with Gasteiger partial charge in [-0.05, 0) is 25.7 Å². The Kier molecular flexibility index (Phi) is 3.34. The van der Waals surface area contributed by atoms with Crippen LogP contribution in [-0.2, 0) is 4.79 Å². The Bertz CT molecular complexity index is 548. The second-order valence-electron chi connectivity index (χ2n) is 5.58. The molecule has 1 aliphatic rings. The molecule has 0 bridgehead atoms. The van der Waals surface area contributed by atoms with Crippen molar-refractivity contribution in [2.75, 3.05) is 5.32 Å². The summed E-state index contributed by atoms with van der Waals surface area (Å²) in [4.78, 5) is 29.9. The molecule has 0 radical (unpaired) electrons. The first-order valence-corrected chi connectivity index (χ1v) is 6.45. The van der Waals surface area contributed by atoms with E-state index in [1.165, 1.54) is 6.07 Å². The van der Waals surface area contributed by atoms with Gasteiger partial charge in [-0.15, -0.1) is 0 Å². The number of hydrogen-bond acceptors (Lipinski definition) is 4. The molecule has 104 valence electrons. The fourth-order valence-electron chi connectivity index (χ4n) is 2.07. The standard InChI is InChI=1S/C13H19N3O3/c1-7(2)11-14-9(6-10(17)15-11)16-13(3,12(18)19)8-4-5-8/h6-8H,4-5H2,1-3H3,(H,18,19)(H2,14,15,16,17). The molecule has 1 aromatic heterocycles. The van der Waals surface area contributed by atoms with Crippen LogP contribution in [0.3, 0.4) is 0 Å². The largest absolute Gasteiger partial charge is 0.480 e. The number of carboxylic acids is 1. The summed E-state index contributed by atoms with van der Waals surface area (Å²) in [6.07, 6.45) is 1.77. The Balaban J connectivity index is 2.32. The predicted molar refractivity (Wildman–Crippen MR) is 71.3 cm³/mol. The van der Waals surface area contributed by atoms with Crippen LogP contribution >= 0.6 is 0 Å². The van der Waals surface area contributed by atoms with E-state index in [1.807, 2.05) is 13.8 Å². The number of H-pyrrole nitrogens is 1. The third-order valence-corrected chi connectivity index (χ3v) is 3.53. The van der Waals surface area contributed by atoms with Gasteiger partial charge < -0.3 is 15.4 Å². The van der Waals surface area contributed by atoms with E-state index < -0.39 is 11.5 Å². The average Bonchev–Trinajstić information content (AvgIpc) is 3.11. The minimum Gasteiger partial charge on any atom is -0.480 e. The minimum absolute atomic E-state index is 0.0754. The summed E-state index contributed by atoms with van der Waals surface area (Å²) < 4.78 is 0. The highest BCUT2D eigenvalue weighted by atomic mass is 16.4. The Hall–Kier alpha value is -1.85. The predicted octanol–water partition coefficient (Wildman–Crippen LogP) is 1.56. The van der Waals surface area contributed by atoms with E-state index in [1.54, 1.807) is 6.92 Å². The van der Waals surface area contributed by atoms with Crippen LogP contribution in [0.4, 0.5) is 5.82 Å². The van der Waals surface area contributed by atoms with Crippen molar-refractivity contribution in [1.82, 2.24) is 9.97 Å². The molecular formula is C13H19N3O3. The summed E-state index contributed by atoms with van der Waals surface area (Å²) in [5, 5.41) is 12.3. The molecule has 1 atom stereocenters. The maximum absolute atomic E-state index is 11.6. The molecule has 0 amide bonds. The van der Waals surface area contributed by atoms with Gasteiger partial charge >= 0.3 is 5.97 Å². The zero-order chi connectivity index (χ0) is 14.2. The third kappa shape index (κ3) is 2.77. The van der Waals surface area contributed by atoms with Crippen LogP contribution in [0.15, 0.2) is 10.9 Å². The second kappa shape index (κ2) is 4.68. The number of aromatic amines is 1. The monoisotopic (exact) mass is 265 g/mol. The number of hydrogen-bond donors (Lipinski definition) is 3. The topological polar surface area (TPSA) is 95.1 Å². The molecule has 3 N–H and O–H groups in total. The summed E-state index contributed by atoms with van der Waals surface area (Å²) in [7, 11) is 0. The van der Waals surface area contributed by atoms with Crippen molar-refractivity contribution in [1.29, 1.82) is 0 Å². The number of aliphatic carboxylic acids is 1. The molecular weight excluding hydrogens is 246 g/mol. The quantitative estimate of drug-likeness (QED) is 0.751. The van der Waals surface area contributed by atoms with Gasteiger partial charge in [0.15, 0.2) is 0 Å². The summed E-state index contributed by atoms with van der Waals surface area (Å²) >= 11 is 0. The van der Waals surface area contributed by atoms with Crippen LogP contribution < -0.4 is 10.9 Å². The molecule has 0 saturated heterocycles. The van der Waals surface area contributed by atoms with Gasteiger partial charge in [-0.25, -0.2) is 9.78 Å². The van der Waals surface area contributed by atoms with E-state index in [4.69, 9.17) is 0 Å². The zero-order valence-corrected chi connectivity index (χ0v) is 11.4. The van der Waals surface area contributed by atoms with Gasteiger partial charge in [-0.3, -0.25) is 4.79 Å². The first-order valence-electron chi connectivity index (χ1n) is 6.45. The Morgan fingerprint density at radius 3 is 2.68 bits per heavy atom. The van der Waals surface area contributed by atoms with Gasteiger partial charge in [-0.2, -0.15) is 0 Å². The summed E-state index contributed by atoms with van der Waals surface area (Å²) in [5.41, 5.74) is -1.33. The maximum Gasteiger partial charge on any atom is 0.329 e. The number of aromatic nitrogens is 2. The first-order chi connectivity index (χ1) is 8.83. The van der Waals surface area contributed by atoms with E-state index >= 15 is 0 Å². The van der Waals surface area contributed by atoms with Crippen LogP contribution in [0.2, 0.25) is 0 Å². The number of rotatable bonds is 5. The van der Waals surface area contributed by atoms with Crippen molar-refractivity contribution >= 4 is 11.8 Å². The average molecular weight is 265 g/mol. The van der Waals surface area contributed by atoms with Crippen molar-refractivity contribution < 1.29 is 9.90 Å². The Morgan fingerprint density at radius 2 is 2.21 bits per heavy atom. The molecule has 0 aromatic carbocycles. The van der Waals surface area contributed by atoms with Gasteiger partial charge in [0.1, 0.15) is 17.2 Å². The van der Waals surface area contributed by atoms with Crippen LogP contribution in [0.5, 0.6) is 0 Å². The van der Waals surface area contributed by atoms with Crippen LogP contribution in [0.1, 0.15) is 45.4 Å². The molecule has 19 heavy (non-hydrogen) atoms. The Labute approximate surface area is 111 Å². The smallest absolute Gasteiger partial charge is 0.329 e. The number of nitrogens with one attached hydrogen (secondary N) is 2. The number of carbonyl (C=O) groups is 1. The van der Waals surface area contributed by atoms with Crippen LogP contribution in [-0.4, -0.2) is 26.6 Å². The lowest BCUT2D eigenvalue weighted by Crippen LogP contribution is -2.46. The summed E-state index contributed by atoms with van der Waals surface area (Å²) in [6, 6.07) is 1.30. The van der Waals surface area contributed by atoms with Crippen molar-refractivity contribution in [3.05, 3.63) is 22.2 Å². The van der Waals surface area contributed by atoms with Crippen molar-refractivity contribution in [2.45, 2.75) is 45.1 Å². The van der Waals surface area contributed by atoms with Crippen molar-refractivity contribution in [3.8, 4) is 0 Å². The lowest BCUT2D eigenvalue weighted by molar-refractivity contribution is -0.142. The van der Waals surface area contributed by atoms with Gasteiger partial charge in [0.25, 0.3) is 5.56 Å². The minimum atomic E-state index is -1.06. The van der Waals surface area contributed by atoms with E-state index in [0.29, 0.717) is 11.6 Å².